The summed E-state index contributed by atoms with van der Waals surface area (Å²) < 4.78 is 10.2. The summed E-state index contributed by atoms with van der Waals surface area (Å²) in [6.07, 6.45) is 0.00123. The first kappa shape index (κ1) is 14.3. The van der Waals surface area contributed by atoms with Crippen LogP contribution >= 0.6 is 11.6 Å². The zero-order valence-corrected chi connectivity index (χ0v) is 10.8. The molecular formula is C12H18ClNO3. The van der Waals surface area contributed by atoms with E-state index >= 15 is 0 Å². The van der Waals surface area contributed by atoms with Gasteiger partial charge in [-0.2, -0.15) is 0 Å². The molecule has 0 aliphatic carbocycles. The Kier molecular flexibility index (Phi) is 6.29. The molecule has 5 heteroatoms. The van der Waals surface area contributed by atoms with E-state index in [1.165, 1.54) is 0 Å². The number of methoxy groups -OCH3 is 2. The molecule has 2 N–H and O–H groups in total. The van der Waals surface area contributed by atoms with E-state index in [0.717, 1.165) is 5.56 Å². The standard InChI is InChI=1S/C12H18ClNO3/c1-16-8-10(17-2)7-14-6-9-4-3-5-11(13)12(9)15/h3-5,10,14-15H,6-8H2,1-2H3. The van der Waals surface area contributed by atoms with Gasteiger partial charge in [0.2, 0.25) is 0 Å². The summed E-state index contributed by atoms with van der Waals surface area (Å²) in [6, 6.07) is 5.29. The summed E-state index contributed by atoms with van der Waals surface area (Å²) in [6.45, 7) is 1.72. The van der Waals surface area contributed by atoms with Gasteiger partial charge < -0.3 is 19.9 Å². The molecule has 4 nitrogen and oxygen atoms in total. The van der Waals surface area contributed by atoms with Crippen LogP contribution in [0.25, 0.3) is 0 Å². The van der Waals surface area contributed by atoms with E-state index in [9.17, 15) is 5.11 Å². The highest BCUT2D eigenvalue weighted by Gasteiger charge is 2.08. The molecule has 0 saturated carbocycles. The fraction of sp³-hybridized carbons (Fsp3) is 0.500. The monoisotopic (exact) mass is 259 g/mol. The molecule has 96 valence electrons. The number of halogens is 1. The third-order valence-electron chi connectivity index (χ3n) is 2.44. The lowest BCUT2D eigenvalue weighted by Crippen LogP contribution is -2.31. The molecular weight excluding hydrogens is 242 g/mol. The second-order valence-corrected chi connectivity index (χ2v) is 4.10. The molecule has 0 bridgehead atoms. The van der Waals surface area contributed by atoms with Crippen LogP contribution in [0.5, 0.6) is 5.75 Å². The molecule has 1 rings (SSSR count). The number of benzene rings is 1. The van der Waals surface area contributed by atoms with E-state index in [1.54, 1.807) is 20.3 Å². The van der Waals surface area contributed by atoms with Gasteiger partial charge in [-0.15, -0.1) is 0 Å². The molecule has 17 heavy (non-hydrogen) atoms. The first-order valence-corrected chi connectivity index (χ1v) is 5.75. The second-order valence-electron chi connectivity index (χ2n) is 3.69. The third-order valence-corrected chi connectivity index (χ3v) is 2.75. The minimum atomic E-state index is 0.00123. The number of aromatic hydroxyl groups is 1. The normalized spacial score (nSPS) is 12.6. The van der Waals surface area contributed by atoms with Gasteiger partial charge in [0.15, 0.2) is 0 Å². The van der Waals surface area contributed by atoms with Crippen molar-refractivity contribution in [2.24, 2.45) is 0 Å². The molecule has 0 aromatic heterocycles. The summed E-state index contributed by atoms with van der Waals surface area (Å²) >= 11 is 5.81. The number of nitrogens with one attached hydrogen (secondary N) is 1. The van der Waals surface area contributed by atoms with Crippen LogP contribution in [0.1, 0.15) is 5.56 Å². The maximum atomic E-state index is 9.70. The number of phenols is 1. The largest absolute Gasteiger partial charge is 0.506 e. The lowest BCUT2D eigenvalue weighted by atomic mass is 10.2. The summed E-state index contributed by atoms with van der Waals surface area (Å²) in [5.74, 6) is 0.127. The van der Waals surface area contributed by atoms with Gasteiger partial charge in [-0.25, -0.2) is 0 Å². The Bertz CT molecular complexity index is 347. The summed E-state index contributed by atoms with van der Waals surface area (Å²) in [5, 5.41) is 13.2. The zero-order chi connectivity index (χ0) is 12.7. The number of para-hydroxylation sites is 1. The number of hydrogen-bond acceptors (Lipinski definition) is 4. The van der Waals surface area contributed by atoms with Gasteiger partial charge in [0.25, 0.3) is 0 Å². The lowest BCUT2D eigenvalue weighted by molar-refractivity contribution is 0.0287. The molecule has 0 amide bonds. The number of phenolic OH excluding ortho intramolecular Hbond substituents is 1. The van der Waals surface area contributed by atoms with Gasteiger partial charge in [0.1, 0.15) is 5.75 Å². The van der Waals surface area contributed by atoms with Crippen LogP contribution in [-0.2, 0) is 16.0 Å². The molecule has 0 aliphatic heterocycles. The van der Waals surface area contributed by atoms with E-state index in [0.29, 0.717) is 24.7 Å². The van der Waals surface area contributed by atoms with Crippen molar-refractivity contribution in [1.29, 1.82) is 0 Å². The van der Waals surface area contributed by atoms with Crippen LogP contribution in [0.3, 0.4) is 0 Å². The summed E-state index contributed by atoms with van der Waals surface area (Å²) in [5.41, 5.74) is 0.768. The molecule has 0 aliphatic rings. The topological polar surface area (TPSA) is 50.7 Å². The Morgan fingerprint density at radius 3 is 2.82 bits per heavy atom. The van der Waals surface area contributed by atoms with Gasteiger partial charge in [0, 0.05) is 32.9 Å². The van der Waals surface area contributed by atoms with Crippen LogP contribution in [0.2, 0.25) is 5.02 Å². The van der Waals surface area contributed by atoms with Gasteiger partial charge in [-0.05, 0) is 6.07 Å². The van der Waals surface area contributed by atoms with Crippen molar-refractivity contribution in [3.8, 4) is 5.75 Å². The second kappa shape index (κ2) is 7.50. The fourth-order valence-electron chi connectivity index (χ4n) is 1.47. The molecule has 0 fully saturated rings. The Morgan fingerprint density at radius 1 is 1.41 bits per heavy atom. The van der Waals surface area contributed by atoms with Crippen molar-refractivity contribution in [2.75, 3.05) is 27.4 Å². The first-order valence-electron chi connectivity index (χ1n) is 5.37. The maximum Gasteiger partial charge on any atom is 0.138 e. The van der Waals surface area contributed by atoms with E-state index in [1.807, 2.05) is 12.1 Å². The quantitative estimate of drug-likeness (QED) is 0.784. The molecule has 0 radical (unpaired) electrons. The number of hydrogen-bond donors (Lipinski definition) is 2. The third kappa shape index (κ3) is 4.52. The van der Waals surface area contributed by atoms with E-state index < -0.39 is 0 Å². The molecule has 1 atom stereocenters. The number of rotatable bonds is 7. The van der Waals surface area contributed by atoms with Crippen molar-refractivity contribution in [2.45, 2.75) is 12.6 Å². The van der Waals surface area contributed by atoms with Crippen LogP contribution < -0.4 is 5.32 Å². The van der Waals surface area contributed by atoms with Crippen molar-refractivity contribution in [1.82, 2.24) is 5.32 Å². The lowest BCUT2D eigenvalue weighted by Gasteiger charge is -2.15. The van der Waals surface area contributed by atoms with Gasteiger partial charge in [-0.1, -0.05) is 23.7 Å². The predicted molar refractivity (Wildman–Crippen MR) is 67.5 cm³/mol. The van der Waals surface area contributed by atoms with Crippen molar-refractivity contribution in [3.63, 3.8) is 0 Å². The summed E-state index contributed by atoms with van der Waals surface area (Å²) in [7, 11) is 3.27. The van der Waals surface area contributed by atoms with Crippen molar-refractivity contribution >= 4 is 11.6 Å². The molecule has 1 aromatic carbocycles. The SMILES string of the molecule is COCC(CNCc1cccc(Cl)c1O)OC. The minimum absolute atomic E-state index is 0.00123. The molecule has 0 saturated heterocycles. The molecule has 1 unspecified atom stereocenters. The smallest absolute Gasteiger partial charge is 0.138 e. The fourth-order valence-corrected chi connectivity index (χ4v) is 1.66. The number of ether oxygens (including phenoxy) is 2. The van der Waals surface area contributed by atoms with Gasteiger partial charge in [-0.3, -0.25) is 0 Å². The Morgan fingerprint density at radius 2 is 2.18 bits per heavy atom. The minimum Gasteiger partial charge on any atom is -0.506 e. The molecule has 0 heterocycles. The van der Waals surface area contributed by atoms with Gasteiger partial charge in [0.05, 0.1) is 17.7 Å². The van der Waals surface area contributed by atoms with E-state index in [-0.39, 0.29) is 11.9 Å². The predicted octanol–water partition coefficient (Wildman–Crippen LogP) is 1.80. The van der Waals surface area contributed by atoms with Crippen LogP contribution in [0, 0.1) is 0 Å². The Labute approximate surface area is 106 Å². The highest BCUT2D eigenvalue weighted by atomic mass is 35.5. The average molecular weight is 260 g/mol. The molecule has 0 spiro atoms. The Hall–Kier alpha value is -0.810. The van der Waals surface area contributed by atoms with Crippen LogP contribution in [-0.4, -0.2) is 38.6 Å². The van der Waals surface area contributed by atoms with Crippen molar-refractivity contribution in [3.05, 3.63) is 28.8 Å². The maximum absolute atomic E-state index is 9.70. The Balaban J connectivity index is 2.42. The van der Waals surface area contributed by atoms with E-state index in [4.69, 9.17) is 21.1 Å². The van der Waals surface area contributed by atoms with Crippen LogP contribution in [0.15, 0.2) is 18.2 Å². The molecule has 1 aromatic rings. The van der Waals surface area contributed by atoms with Crippen molar-refractivity contribution < 1.29 is 14.6 Å². The zero-order valence-electron chi connectivity index (χ0n) is 10.1. The average Bonchev–Trinajstić information content (AvgIpc) is 2.33. The van der Waals surface area contributed by atoms with E-state index in [2.05, 4.69) is 5.32 Å². The first-order chi connectivity index (χ1) is 8.19. The van der Waals surface area contributed by atoms with Crippen LogP contribution in [0.4, 0.5) is 0 Å². The highest BCUT2D eigenvalue weighted by molar-refractivity contribution is 6.32. The highest BCUT2D eigenvalue weighted by Crippen LogP contribution is 2.26. The van der Waals surface area contributed by atoms with Gasteiger partial charge >= 0.3 is 0 Å². The summed E-state index contributed by atoms with van der Waals surface area (Å²) in [4.78, 5) is 0.